The van der Waals surface area contributed by atoms with Gasteiger partial charge in [0.15, 0.2) is 0 Å². The van der Waals surface area contributed by atoms with E-state index in [2.05, 4.69) is 9.88 Å². The van der Waals surface area contributed by atoms with Crippen molar-refractivity contribution in [2.75, 3.05) is 27.7 Å². The largest absolute Gasteiger partial charge is 0.356 e. The first-order valence-corrected chi connectivity index (χ1v) is 8.88. The van der Waals surface area contributed by atoms with Crippen LogP contribution in [-0.2, 0) is 24.7 Å². The van der Waals surface area contributed by atoms with Crippen molar-refractivity contribution in [1.29, 1.82) is 0 Å². The smallest absolute Gasteiger partial charge is 0.259 e. The minimum Gasteiger partial charge on any atom is -0.356 e. The molecule has 2 rings (SSSR count). The molecule has 2 aromatic heterocycles. The number of carbonyl (C=O) groups is 1. The van der Waals surface area contributed by atoms with E-state index in [0.29, 0.717) is 11.4 Å². The summed E-state index contributed by atoms with van der Waals surface area (Å²) in [5.41, 5.74) is 3.17. The lowest BCUT2D eigenvalue weighted by molar-refractivity contribution is -0.152. The molecular weight excluding hydrogens is 344 g/mol. The van der Waals surface area contributed by atoms with E-state index >= 15 is 0 Å². The van der Waals surface area contributed by atoms with Gasteiger partial charge >= 0.3 is 0 Å². The third kappa shape index (κ3) is 5.65. The van der Waals surface area contributed by atoms with Crippen molar-refractivity contribution in [3.63, 3.8) is 0 Å². The number of aryl methyl sites for hydroxylation is 3. The third-order valence-corrected chi connectivity index (χ3v) is 4.20. The summed E-state index contributed by atoms with van der Waals surface area (Å²) < 4.78 is 1.49. The van der Waals surface area contributed by atoms with E-state index in [1.165, 1.54) is 4.57 Å². The number of pyridine rings is 2. The summed E-state index contributed by atoms with van der Waals surface area (Å²) in [4.78, 5) is 36.9. The van der Waals surface area contributed by atoms with Gasteiger partial charge in [0.05, 0.1) is 6.42 Å². The first-order valence-electron chi connectivity index (χ1n) is 8.88. The standard InChI is InChI=1S/C20H28N4O3/c1-14-9-16(7-8-22(3)4)19(21-12-14)27-24(6)18(25)11-17-10-15(2)13-23(5)20(17)26/h9-10,12-13H,7-8,11H2,1-6H3. The number of rotatable bonds is 7. The van der Waals surface area contributed by atoms with Gasteiger partial charge in [0.2, 0.25) is 5.88 Å². The van der Waals surface area contributed by atoms with Gasteiger partial charge in [-0.3, -0.25) is 9.59 Å². The highest BCUT2D eigenvalue weighted by Gasteiger charge is 2.17. The Hall–Kier alpha value is -2.67. The number of hydroxylamine groups is 2. The van der Waals surface area contributed by atoms with E-state index in [-0.39, 0.29) is 17.9 Å². The molecular formula is C20H28N4O3. The minimum absolute atomic E-state index is 0.0241. The van der Waals surface area contributed by atoms with Crippen molar-refractivity contribution in [2.45, 2.75) is 26.7 Å². The molecule has 0 aliphatic rings. The van der Waals surface area contributed by atoms with Crippen LogP contribution in [0.2, 0.25) is 0 Å². The highest BCUT2D eigenvalue weighted by Crippen LogP contribution is 2.18. The highest BCUT2D eigenvalue weighted by atomic mass is 16.7. The molecule has 0 aliphatic heterocycles. The van der Waals surface area contributed by atoms with E-state index in [1.54, 1.807) is 32.6 Å². The van der Waals surface area contributed by atoms with Gasteiger partial charge in [-0.1, -0.05) is 0 Å². The Balaban J connectivity index is 2.14. The van der Waals surface area contributed by atoms with Crippen molar-refractivity contribution >= 4 is 5.91 Å². The summed E-state index contributed by atoms with van der Waals surface area (Å²) in [6, 6.07) is 3.75. The van der Waals surface area contributed by atoms with Crippen molar-refractivity contribution in [3.05, 3.63) is 57.1 Å². The van der Waals surface area contributed by atoms with Crippen LogP contribution in [0.25, 0.3) is 0 Å². The summed E-state index contributed by atoms with van der Waals surface area (Å²) in [7, 11) is 7.22. The number of hydrogen-bond acceptors (Lipinski definition) is 5. The van der Waals surface area contributed by atoms with E-state index in [1.807, 2.05) is 34.0 Å². The molecule has 0 aliphatic carbocycles. The highest BCUT2D eigenvalue weighted by molar-refractivity contribution is 5.77. The van der Waals surface area contributed by atoms with Crippen LogP contribution < -0.4 is 10.4 Å². The molecule has 0 aromatic carbocycles. The average Bonchev–Trinajstić information content (AvgIpc) is 2.59. The zero-order chi connectivity index (χ0) is 20.1. The molecule has 27 heavy (non-hydrogen) atoms. The van der Waals surface area contributed by atoms with Crippen LogP contribution in [0, 0.1) is 13.8 Å². The second-order valence-corrected chi connectivity index (χ2v) is 7.15. The van der Waals surface area contributed by atoms with Gasteiger partial charge < -0.3 is 14.3 Å². The molecule has 2 aromatic rings. The Morgan fingerprint density at radius 3 is 2.48 bits per heavy atom. The molecule has 0 saturated heterocycles. The lowest BCUT2D eigenvalue weighted by atomic mass is 10.1. The molecule has 0 N–H and O–H groups in total. The van der Waals surface area contributed by atoms with Gasteiger partial charge in [0, 0.05) is 44.2 Å². The maximum atomic E-state index is 12.6. The van der Waals surface area contributed by atoms with E-state index in [9.17, 15) is 9.59 Å². The number of nitrogens with zero attached hydrogens (tertiary/aromatic N) is 4. The predicted octanol–water partition coefficient (Wildman–Crippen LogP) is 1.50. The minimum atomic E-state index is -0.307. The maximum absolute atomic E-state index is 12.6. The predicted molar refractivity (Wildman–Crippen MR) is 105 cm³/mol. The molecule has 0 spiro atoms. The van der Waals surface area contributed by atoms with Crippen LogP contribution in [0.5, 0.6) is 5.88 Å². The quantitative estimate of drug-likeness (QED) is 0.689. The molecule has 0 saturated carbocycles. The zero-order valence-corrected chi connectivity index (χ0v) is 16.9. The molecule has 0 atom stereocenters. The van der Waals surface area contributed by atoms with E-state index < -0.39 is 0 Å². The Labute approximate surface area is 160 Å². The van der Waals surface area contributed by atoms with Gasteiger partial charge in [-0.15, -0.1) is 0 Å². The van der Waals surface area contributed by atoms with Gasteiger partial charge in [0.1, 0.15) is 0 Å². The molecule has 2 heterocycles. The number of likely N-dealkylation sites (N-methyl/N-ethyl adjacent to an activating group) is 2. The second-order valence-electron chi connectivity index (χ2n) is 7.15. The van der Waals surface area contributed by atoms with Crippen molar-refractivity contribution in [1.82, 2.24) is 19.5 Å². The number of hydrogen-bond donors (Lipinski definition) is 0. The lowest BCUT2D eigenvalue weighted by Gasteiger charge is -2.19. The Bertz CT molecular complexity index is 874. The fraction of sp³-hybridized carbons (Fsp3) is 0.450. The number of aromatic nitrogens is 2. The van der Waals surface area contributed by atoms with Gasteiger partial charge in [0.25, 0.3) is 11.5 Å². The van der Waals surface area contributed by atoms with Crippen LogP contribution in [0.1, 0.15) is 22.3 Å². The van der Waals surface area contributed by atoms with Gasteiger partial charge in [-0.2, -0.15) is 5.06 Å². The average molecular weight is 372 g/mol. The summed E-state index contributed by atoms with van der Waals surface area (Å²) in [6.45, 7) is 4.71. The summed E-state index contributed by atoms with van der Waals surface area (Å²) in [5, 5.41) is 1.15. The van der Waals surface area contributed by atoms with Crippen molar-refractivity contribution in [3.8, 4) is 5.88 Å². The lowest BCUT2D eigenvalue weighted by Crippen LogP contribution is -2.34. The van der Waals surface area contributed by atoms with E-state index in [0.717, 1.165) is 34.7 Å². The summed E-state index contributed by atoms with van der Waals surface area (Å²) >= 11 is 0. The molecule has 146 valence electrons. The summed E-state index contributed by atoms with van der Waals surface area (Å²) in [6.07, 6.45) is 4.19. The SMILES string of the molecule is Cc1cnc(ON(C)C(=O)Cc2cc(C)cn(C)c2=O)c(CCN(C)C)c1. The molecule has 7 nitrogen and oxygen atoms in total. The molecule has 0 radical (unpaired) electrons. The van der Waals surface area contributed by atoms with Crippen LogP contribution in [-0.4, -0.2) is 53.1 Å². The zero-order valence-electron chi connectivity index (χ0n) is 16.9. The molecule has 7 heteroatoms. The first-order chi connectivity index (χ1) is 12.7. The van der Waals surface area contributed by atoms with Gasteiger partial charge in [-0.05, 0) is 57.6 Å². The van der Waals surface area contributed by atoms with Crippen molar-refractivity contribution < 1.29 is 9.63 Å². The van der Waals surface area contributed by atoms with Crippen LogP contribution in [0.3, 0.4) is 0 Å². The fourth-order valence-electron chi connectivity index (χ4n) is 2.77. The number of amides is 1. The fourth-order valence-corrected chi connectivity index (χ4v) is 2.77. The summed E-state index contributed by atoms with van der Waals surface area (Å²) in [5.74, 6) is 0.106. The molecule has 0 bridgehead atoms. The molecule has 0 unspecified atom stereocenters. The van der Waals surface area contributed by atoms with Crippen LogP contribution >= 0.6 is 0 Å². The Morgan fingerprint density at radius 1 is 1.15 bits per heavy atom. The second kappa shape index (κ2) is 8.81. The topological polar surface area (TPSA) is 67.7 Å². The monoisotopic (exact) mass is 372 g/mol. The maximum Gasteiger partial charge on any atom is 0.259 e. The van der Waals surface area contributed by atoms with Crippen LogP contribution in [0.15, 0.2) is 29.3 Å². The third-order valence-electron chi connectivity index (χ3n) is 4.20. The first kappa shape index (κ1) is 20.6. The molecule has 1 amide bonds. The Kier molecular flexibility index (Phi) is 6.74. The Morgan fingerprint density at radius 2 is 1.81 bits per heavy atom. The van der Waals surface area contributed by atoms with Crippen molar-refractivity contribution in [2.24, 2.45) is 7.05 Å². The normalized spacial score (nSPS) is 10.9. The molecule has 0 fully saturated rings. The van der Waals surface area contributed by atoms with Gasteiger partial charge in [-0.25, -0.2) is 4.98 Å². The number of carbonyl (C=O) groups excluding carboxylic acids is 1. The van der Waals surface area contributed by atoms with E-state index in [4.69, 9.17) is 4.84 Å². The van der Waals surface area contributed by atoms with Crippen LogP contribution in [0.4, 0.5) is 0 Å².